The molecule has 2 aliphatic rings. The highest BCUT2D eigenvalue weighted by Crippen LogP contribution is 2.39. The second-order valence-corrected chi connectivity index (χ2v) is 6.94. The van der Waals surface area contributed by atoms with Crippen molar-refractivity contribution in [3.05, 3.63) is 47.8 Å². The van der Waals surface area contributed by atoms with E-state index < -0.39 is 0 Å². The molecular formula is C19H24N4O. The van der Waals surface area contributed by atoms with Crippen LogP contribution in [0.1, 0.15) is 47.8 Å². The number of nitrogens with one attached hydrogen (secondary N) is 1. The van der Waals surface area contributed by atoms with Gasteiger partial charge in [-0.05, 0) is 50.9 Å². The molecule has 2 fully saturated rings. The fraction of sp³-hybridized carbons (Fsp3) is 0.474. The summed E-state index contributed by atoms with van der Waals surface area (Å²) in [7, 11) is 2.13. The fourth-order valence-corrected chi connectivity index (χ4v) is 3.04. The Morgan fingerprint density at radius 2 is 2.00 bits per heavy atom. The van der Waals surface area contributed by atoms with Gasteiger partial charge in [-0.15, -0.1) is 0 Å². The van der Waals surface area contributed by atoms with Crippen LogP contribution < -0.4 is 5.32 Å². The lowest BCUT2D eigenvalue weighted by atomic mass is 10.2. The first kappa shape index (κ1) is 15.4. The van der Waals surface area contributed by atoms with Gasteiger partial charge in [0.25, 0.3) is 5.91 Å². The third kappa shape index (κ3) is 3.36. The standard InChI is InChI=1S/C19H24N4O/c1-22(15-9-10-15)12-11-20-19(24)18-13-17(14-7-8-14)21-23(18)16-5-3-2-4-6-16/h2-6,13-15H,7-12H2,1H3,(H,20,24). The Hall–Kier alpha value is -2.14. The van der Waals surface area contributed by atoms with E-state index in [0.717, 1.165) is 24.0 Å². The number of carbonyl (C=O) groups excluding carboxylic acids is 1. The zero-order valence-corrected chi connectivity index (χ0v) is 14.1. The average Bonchev–Trinajstić information content (AvgIpc) is 3.52. The quantitative estimate of drug-likeness (QED) is 0.851. The number of amides is 1. The zero-order valence-electron chi connectivity index (χ0n) is 14.1. The monoisotopic (exact) mass is 324 g/mol. The van der Waals surface area contributed by atoms with Gasteiger partial charge in [-0.2, -0.15) is 5.10 Å². The molecule has 0 unspecified atom stereocenters. The molecule has 2 saturated carbocycles. The molecule has 0 saturated heterocycles. The lowest BCUT2D eigenvalue weighted by molar-refractivity contribution is 0.0941. The number of nitrogens with zero attached hydrogens (tertiary/aromatic N) is 3. The number of carbonyl (C=O) groups is 1. The minimum atomic E-state index is -0.0394. The van der Waals surface area contributed by atoms with Crippen molar-refractivity contribution in [1.82, 2.24) is 20.0 Å². The Balaban J connectivity index is 1.49. The molecule has 2 aliphatic carbocycles. The van der Waals surface area contributed by atoms with E-state index in [1.807, 2.05) is 36.4 Å². The number of para-hydroxylation sites is 1. The molecular weight excluding hydrogens is 300 g/mol. The molecule has 1 aromatic heterocycles. The molecule has 126 valence electrons. The Kier molecular flexibility index (Phi) is 4.10. The first-order valence-electron chi connectivity index (χ1n) is 8.86. The van der Waals surface area contributed by atoms with Crippen molar-refractivity contribution in [3.8, 4) is 5.69 Å². The molecule has 1 N–H and O–H groups in total. The van der Waals surface area contributed by atoms with E-state index in [9.17, 15) is 4.79 Å². The molecule has 0 spiro atoms. The topological polar surface area (TPSA) is 50.2 Å². The number of benzene rings is 1. The van der Waals surface area contributed by atoms with Gasteiger partial charge >= 0.3 is 0 Å². The van der Waals surface area contributed by atoms with Crippen LogP contribution in [0.5, 0.6) is 0 Å². The summed E-state index contributed by atoms with van der Waals surface area (Å²) in [6.07, 6.45) is 4.93. The summed E-state index contributed by atoms with van der Waals surface area (Å²) in [6.45, 7) is 1.57. The second kappa shape index (κ2) is 6.40. The SMILES string of the molecule is CN(CCNC(=O)c1cc(C2CC2)nn1-c1ccccc1)C1CC1. The molecule has 4 rings (SSSR count). The van der Waals surface area contributed by atoms with Gasteiger partial charge in [0.2, 0.25) is 0 Å². The first-order valence-corrected chi connectivity index (χ1v) is 8.86. The van der Waals surface area contributed by atoms with Crippen LogP contribution in [0.15, 0.2) is 36.4 Å². The lowest BCUT2D eigenvalue weighted by Gasteiger charge is -2.15. The molecule has 2 aromatic rings. The van der Waals surface area contributed by atoms with Gasteiger partial charge in [0.15, 0.2) is 0 Å². The van der Waals surface area contributed by atoms with Gasteiger partial charge in [0, 0.05) is 25.0 Å². The smallest absolute Gasteiger partial charge is 0.270 e. The average molecular weight is 324 g/mol. The van der Waals surface area contributed by atoms with Crippen molar-refractivity contribution in [2.24, 2.45) is 0 Å². The van der Waals surface area contributed by atoms with Crippen molar-refractivity contribution in [3.63, 3.8) is 0 Å². The summed E-state index contributed by atoms with van der Waals surface area (Å²) in [5, 5.41) is 7.74. The number of aromatic nitrogens is 2. The Morgan fingerprint density at radius 1 is 1.25 bits per heavy atom. The van der Waals surface area contributed by atoms with Crippen molar-refractivity contribution in [2.75, 3.05) is 20.1 Å². The van der Waals surface area contributed by atoms with Crippen LogP contribution in [0.25, 0.3) is 5.69 Å². The van der Waals surface area contributed by atoms with E-state index in [0.29, 0.717) is 18.2 Å². The van der Waals surface area contributed by atoms with E-state index >= 15 is 0 Å². The molecule has 0 aliphatic heterocycles. The van der Waals surface area contributed by atoms with Crippen molar-refractivity contribution >= 4 is 5.91 Å². The highest BCUT2D eigenvalue weighted by Gasteiger charge is 2.29. The number of hydrogen-bond acceptors (Lipinski definition) is 3. The molecule has 1 heterocycles. The maximum Gasteiger partial charge on any atom is 0.270 e. The van der Waals surface area contributed by atoms with Gasteiger partial charge in [0.05, 0.1) is 11.4 Å². The third-order valence-corrected chi connectivity index (χ3v) is 4.88. The van der Waals surface area contributed by atoms with E-state index in [1.165, 1.54) is 25.7 Å². The third-order valence-electron chi connectivity index (χ3n) is 4.88. The maximum absolute atomic E-state index is 12.7. The summed E-state index contributed by atoms with van der Waals surface area (Å²) in [5.41, 5.74) is 2.61. The van der Waals surface area contributed by atoms with Crippen molar-refractivity contribution < 1.29 is 4.79 Å². The molecule has 24 heavy (non-hydrogen) atoms. The predicted octanol–water partition coefficient (Wildman–Crippen LogP) is 2.57. The van der Waals surface area contributed by atoms with E-state index in [4.69, 9.17) is 5.10 Å². The van der Waals surface area contributed by atoms with Gasteiger partial charge < -0.3 is 10.2 Å². The normalized spacial score (nSPS) is 17.2. The maximum atomic E-state index is 12.7. The summed E-state index contributed by atoms with van der Waals surface area (Å²) in [6, 6.07) is 12.6. The van der Waals surface area contributed by atoms with E-state index in [1.54, 1.807) is 4.68 Å². The largest absolute Gasteiger partial charge is 0.349 e. The molecule has 5 nitrogen and oxygen atoms in total. The van der Waals surface area contributed by atoms with Crippen molar-refractivity contribution in [1.29, 1.82) is 0 Å². The van der Waals surface area contributed by atoms with Crippen LogP contribution >= 0.6 is 0 Å². The molecule has 5 heteroatoms. The Morgan fingerprint density at radius 3 is 2.67 bits per heavy atom. The van der Waals surface area contributed by atoms with E-state index in [2.05, 4.69) is 17.3 Å². The fourth-order valence-electron chi connectivity index (χ4n) is 3.04. The summed E-state index contributed by atoms with van der Waals surface area (Å²) in [5.74, 6) is 0.491. The van der Waals surface area contributed by atoms with Crippen LogP contribution in [-0.2, 0) is 0 Å². The minimum absolute atomic E-state index is 0.0394. The van der Waals surface area contributed by atoms with Crippen LogP contribution in [0.4, 0.5) is 0 Å². The Labute approximate surface area is 142 Å². The molecule has 1 aromatic carbocycles. The van der Waals surface area contributed by atoms with Gasteiger partial charge in [-0.25, -0.2) is 4.68 Å². The summed E-state index contributed by atoms with van der Waals surface area (Å²) < 4.78 is 1.79. The molecule has 0 bridgehead atoms. The lowest BCUT2D eigenvalue weighted by Crippen LogP contribution is -2.34. The van der Waals surface area contributed by atoms with Crippen LogP contribution in [0, 0.1) is 0 Å². The number of hydrogen-bond donors (Lipinski definition) is 1. The Bertz CT molecular complexity index is 716. The van der Waals surface area contributed by atoms with Crippen LogP contribution in [-0.4, -0.2) is 46.8 Å². The zero-order chi connectivity index (χ0) is 16.5. The van der Waals surface area contributed by atoms with Crippen LogP contribution in [0.3, 0.4) is 0 Å². The highest BCUT2D eigenvalue weighted by molar-refractivity contribution is 5.93. The molecule has 0 radical (unpaired) electrons. The predicted molar refractivity (Wildman–Crippen MR) is 93.5 cm³/mol. The van der Waals surface area contributed by atoms with Gasteiger partial charge in [-0.3, -0.25) is 4.79 Å². The second-order valence-electron chi connectivity index (χ2n) is 6.94. The van der Waals surface area contributed by atoms with Crippen molar-refractivity contribution in [2.45, 2.75) is 37.6 Å². The molecule has 0 atom stereocenters. The summed E-state index contributed by atoms with van der Waals surface area (Å²) >= 11 is 0. The van der Waals surface area contributed by atoms with Gasteiger partial charge in [-0.1, -0.05) is 18.2 Å². The summed E-state index contributed by atoms with van der Waals surface area (Å²) in [4.78, 5) is 15.0. The van der Waals surface area contributed by atoms with E-state index in [-0.39, 0.29) is 5.91 Å². The number of rotatable bonds is 7. The minimum Gasteiger partial charge on any atom is -0.349 e. The number of likely N-dealkylation sites (N-methyl/N-ethyl adjacent to an activating group) is 1. The highest BCUT2D eigenvalue weighted by atomic mass is 16.2. The molecule has 1 amide bonds. The van der Waals surface area contributed by atoms with Gasteiger partial charge in [0.1, 0.15) is 5.69 Å². The van der Waals surface area contributed by atoms with Crippen LogP contribution in [0.2, 0.25) is 0 Å². The first-order chi connectivity index (χ1) is 11.7.